The maximum atomic E-state index is 12.8. The Labute approximate surface area is 214 Å². The van der Waals surface area contributed by atoms with Crippen LogP contribution in [0.15, 0.2) is 54.0 Å². The van der Waals surface area contributed by atoms with Gasteiger partial charge in [-0.3, -0.25) is 14.4 Å². The normalized spacial score (nSPS) is 14.0. The molecule has 200 valence electrons. The van der Waals surface area contributed by atoms with E-state index in [0.29, 0.717) is 17.0 Å². The molecule has 2 rings (SSSR count). The summed E-state index contributed by atoms with van der Waals surface area (Å²) in [5.41, 5.74) is 1.24. The van der Waals surface area contributed by atoms with E-state index in [-0.39, 0.29) is 25.9 Å². The summed E-state index contributed by atoms with van der Waals surface area (Å²) < 4.78 is 15.8. The zero-order chi connectivity index (χ0) is 27.4. The van der Waals surface area contributed by atoms with Crippen molar-refractivity contribution < 1.29 is 38.2 Å². The van der Waals surface area contributed by atoms with E-state index in [0.717, 1.165) is 7.11 Å². The van der Waals surface area contributed by atoms with Gasteiger partial charge in [0.25, 0.3) is 0 Å². The lowest BCUT2D eigenvalue weighted by molar-refractivity contribution is -0.155. The first-order chi connectivity index (χ1) is 17.7. The highest BCUT2D eigenvalue weighted by molar-refractivity contribution is 6.01. The summed E-state index contributed by atoms with van der Waals surface area (Å²) >= 11 is 0. The van der Waals surface area contributed by atoms with Crippen molar-refractivity contribution in [3.05, 3.63) is 55.5 Å². The van der Waals surface area contributed by atoms with E-state index in [9.17, 15) is 19.2 Å². The molecule has 1 aromatic carbocycles. The maximum absolute atomic E-state index is 12.8. The molecule has 4 atom stereocenters. The number of aliphatic hydroxyl groups excluding tert-OH is 1. The number of hydrogen-bond donors (Lipinski definition) is 3. The van der Waals surface area contributed by atoms with Gasteiger partial charge in [-0.25, -0.2) is 9.78 Å². The van der Waals surface area contributed by atoms with Gasteiger partial charge in [0.1, 0.15) is 18.0 Å². The van der Waals surface area contributed by atoms with E-state index in [1.165, 1.54) is 6.08 Å². The second kappa shape index (κ2) is 14.5. The second-order valence-corrected chi connectivity index (χ2v) is 8.38. The number of rotatable bonds is 15. The minimum atomic E-state index is -1.36. The third-order valence-corrected chi connectivity index (χ3v) is 5.44. The highest BCUT2D eigenvalue weighted by Gasteiger charge is 2.32. The Morgan fingerprint density at radius 3 is 2.38 bits per heavy atom. The number of benzene rings is 1. The van der Waals surface area contributed by atoms with Crippen molar-refractivity contribution in [1.29, 1.82) is 0 Å². The molecule has 0 fully saturated rings. The van der Waals surface area contributed by atoms with Crippen LogP contribution >= 0.6 is 0 Å². The first-order valence-corrected chi connectivity index (χ1v) is 11.8. The number of nitrogens with one attached hydrogen (secondary N) is 2. The fraction of sp³-hybridized carbons (Fsp3) is 0.423. The molecule has 3 N–H and O–H groups in total. The van der Waals surface area contributed by atoms with E-state index in [2.05, 4.69) is 28.8 Å². The van der Waals surface area contributed by atoms with Crippen molar-refractivity contribution in [1.82, 2.24) is 15.6 Å². The molecule has 1 unspecified atom stereocenters. The Bertz CT molecular complexity index is 1080. The van der Waals surface area contributed by atoms with E-state index in [1.807, 2.05) is 12.1 Å². The Morgan fingerprint density at radius 2 is 1.76 bits per heavy atom. The van der Waals surface area contributed by atoms with Crippen molar-refractivity contribution in [3.8, 4) is 0 Å². The van der Waals surface area contributed by atoms with Gasteiger partial charge in [0, 0.05) is 12.5 Å². The van der Waals surface area contributed by atoms with Gasteiger partial charge < -0.3 is 29.6 Å². The Balaban J connectivity index is 2.08. The molecule has 0 saturated carbocycles. The smallest absolute Gasteiger partial charge is 0.331 e. The van der Waals surface area contributed by atoms with E-state index in [1.54, 1.807) is 25.1 Å². The van der Waals surface area contributed by atoms with Crippen LogP contribution in [0.5, 0.6) is 0 Å². The molecule has 11 nitrogen and oxygen atoms in total. The van der Waals surface area contributed by atoms with Gasteiger partial charge in [0.15, 0.2) is 17.5 Å². The average Bonchev–Trinajstić information content (AvgIpc) is 3.30. The van der Waals surface area contributed by atoms with Crippen LogP contribution in [-0.4, -0.2) is 66.3 Å². The minimum absolute atomic E-state index is 0.0184. The lowest BCUT2D eigenvalue weighted by Crippen LogP contribution is -2.51. The molecule has 0 bridgehead atoms. The summed E-state index contributed by atoms with van der Waals surface area (Å²) in [6, 6.07) is 5.25. The molecule has 0 aliphatic rings. The number of ether oxygens (including phenoxy) is 2. The molecule has 1 aromatic heterocycles. The summed E-state index contributed by atoms with van der Waals surface area (Å²) in [5.74, 6) is -4.52. The van der Waals surface area contributed by atoms with E-state index < -0.39 is 54.3 Å². The topological polar surface area (TPSA) is 157 Å². The Kier molecular flexibility index (Phi) is 11.5. The first kappa shape index (κ1) is 29.2. The van der Waals surface area contributed by atoms with Crippen molar-refractivity contribution in [2.24, 2.45) is 11.8 Å². The van der Waals surface area contributed by atoms with Crippen LogP contribution in [0.4, 0.5) is 0 Å². The fourth-order valence-corrected chi connectivity index (χ4v) is 3.44. The van der Waals surface area contributed by atoms with Crippen molar-refractivity contribution in [3.63, 3.8) is 0 Å². The van der Waals surface area contributed by atoms with Gasteiger partial charge in [-0.2, -0.15) is 0 Å². The standard InChI is InChI=1S/C26H33N3O8/c1-5-9-17(13-22-28-19-11-7-8-12-21(19)37-22)25(33)36-15-20(26(34)35-4)29-24(32)18(10-6-2)23(31)27-16(3)14-30/h5-8,11-12,16-18,20,30H,1-2,9-10,13-15H2,3-4H3,(H,27,31)(H,29,32)/t16-,17-,18?,20-/m1/s1. The molecule has 0 aliphatic heterocycles. The summed E-state index contributed by atoms with van der Waals surface area (Å²) in [5, 5.41) is 14.1. The van der Waals surface area contributed by atoms with Crippen molar-refractivity contribution in [2.75, 3.05) is 20.3 Å². The Morgan fingerprint density at radius 1 is 1.08 bits per heavy atom. The molecular weight excluding hydrogens is 482 g/mol. The number of esters is 2. The van der Waals surface area contributed by atoms with Gasteiger partial charge >= 0.3 is 11.9 Å². The number of methoxy groups -OCH3 is 1. The summed E-state index contributed by atoms with van der Waals surface area (Å²) in [7, 11) is 1.12. The fourth-order valence-electron chi connectivity index (χ4n) is 3.44. The highest BCUT2D eigenvalue weighted by Crippen LogP contribution is 2.20. The maximum Gasteiger partial charge on any atom is 0.331 e. The van der Waals surface area contributed by atoms with Crippen LogP contribution in [0.2, 0.25) is 0 Å². The lowest BCUT2D eigenvalue weighted by atomic mass is 10.0. The van der Waals surface area contributed by atoms with Gasteiger partial charge in [0.2, 0.25) is 11.8 Å². The Hall–Kier alpha value is -3.99. The number of carbonyl (C=O) groups is 4. The number of fused-ring (bicyclic) bond motifs is 1. The molecule has 0 radical (unpaired) electrons. The third-order valence-electron chi connectivity index (χ3n) is 5.44. The molecule has 1 heterocycles. The summed E-state index contributed by atoms with van der Waals surface area (Å²) in [4.78, 5) is 54.8. The number of allylic oxidation sites excluding steroid dienone is 2. The molecule has 2 amide bonds. The largest absolute Gasteiger partial charge is 0.467 e. The first-order valence-electron chi connectivity index (χ1n) is 11.8. The molecule has 0 saturated heterocycles. The number of aliphatic hydroxyl groups is 1. The van der Waals surface area contributed by atoms with Gasteiger partial charge in [-0.15, -0.1) is 13.2 Å². The van der Waals surface area contributed by atoms with Gasteiger partial charge in [0.05, 0.1) is 19.6 Å². The minimum Gasteiger partial charge on any atom is -0.467 e. The molecule has 0 aliphatic carbocycles. The van der Waals surface area contributed by atoms with Crippen LogP contribution in [0.3, 0.4) is 0 Å². The molecule has 37 heavy (non-hydrogen) atoms. The number of nitrogens with zero attached hydrogens (tertiary/aromatic N) is 1. The van der Waals surface area contributed by atoms with Crippen LogP contribution in [0, 0.1) is 11.8 Å². The van der Waals surface area contributed by atoms with Crippen LogP contribution in [0.25, 0.3) is 11.1 Å². The number of oxazole rings is 1. The molecular formula is C26H33N3O8. The molecule has 11 heteroatoms. The van der Waals surface area contributed by atoms with E-state index in [4.69, 9.17) is 19.0 Å². The number of para-hydroxylation sites is 2. The summed E-state index contributed by atoms with van der Waals surface area (Å²) in [6.07, 6.45) is 3.32. The molecule has 0 spiro atoms. The SMILES string of the molecule is C=CCC(C(=O)N[C@H](C)CO)C(=O)N[C@H](COC(=O)[C@H](CC=C)Cc1nc2ccccc2o1)C(=O)OC. The van der Waals surface area contributed by atoms with Crippen molar-refractivity contribution in [2.45, 2.75) is 38.3 Å². The van der Waals surface area contributed by atoms with Gasteiger partial charge in [-0.1, -0.05) is 24.3 Å². The van der Waals surface area contributed by atoms with E-state index >= 15 is 0 Å². The predicted octanol–water partition coefficient (Wildman–Crippen LogP) is 1.45. The second-order valence-electron chi connectivity index (χ2n) is 8.38. The van der Waals surface area contributed by atoms with Crippen molar-refractivity contribution >= 4 is 34.9 Å². The van der Waals surface area contributed by atoms with Crippen LogP contribution in [0.1, 0.15) is 25.7 Å². The predicted molar refractivity (Wildman–Crippen MR) is 134 cm³/mol. The number of aromatic nitrogens is 1. The monoisotopic (exact) mass is 515 g/mol. The van der Waals surface area contributed by atoms with Crippen LogP contribution < -0.4 is 10.6 Å². The highest BCUT2D eigenvalue weighted by atomic mass is 16.5. The quantitative estimate of drug-likeness (QED) is 0.181. The van der Waals surface area contributed by atoms with Gasteiger partial charge in [-0.05, 0) is 31.9 Å². The molecule has 2 aromatic rings. The number of hydrogen-bond acceptors (Lipinski definition) is 9. The lowest BCUT2D eigenvalue weighted by Gasteiger charge is -2.22. The number of amides is 2. The zero-order valence-corrected chi connectivity index (χ0v) is 21.0. The zero-order valence-electron chi connectivity index (χ0n) is 21.0. The average molecular weight is 516 g/mol. The number of carbonyl (C=O) groups excluding carboxylic acids is 4. The summed E-state index contributed by atoms with van der Waals surface area (Å²) in [6.45, 7) is 7.95. The van der Waals surface area contributed by atoms with Crippen LogP contribution in [-0.2, 0) is 35.1 Å². The third kappa shape index (κ3) is 8.57.